The van der Waals surface area contributed by atoms with Crippen LogP contribution in [-0.2, 0) is 0 Å². The van der Waals surface area contributed by atoms with Crippen LogP contribution >= 0.6 is 0 Å². The Morgan fingerprint density at radius 2 is 2.00 bits per heavy atom. The zero-order valence-electron chi connectivity index (χ0n) is 9.48. The molecule has 2 aliphatic carbocycles. The lowest BCUT2D eigenvalue weighted by molar-refractivity contribution is 0.111. The first kappa shape index (κ1) is 9.51. The predicted octanol–water partition coefficient (Wildman–Crippen LogP) is 2.81. The molecule has 2 bridgehead atoms. The van der Waals surface area contributed by atoms with Crippen LogP contribution in [0.15, 0.2) is 0 Å². The number of fused-ring (bicyclic) bond motifs is 2. The van der Waals surface area contributed by atoms with Crippen molar-refractivity contribution in [2.24, 2.45) is 16.7 Å². The second-order valence-corrected chi connectivity index (χ2v) is 5.91. The molecule has 13 heavy (non-hydrogen) atoms. The van der Waals surface area contributed by atoms with E-state index in [1.165, 1.54) is 19.3 Å². The average molecular weight is 181 g/mol. The molecule has 0 aromatic heterocycles. The molecule has 76 valence electrons. The molecule has 0 aromatic rings. The summed E-state index contributed by atoms with van der Waals surface area (Å²) in [4.78, 5) is 0. The molecule has 2 aliphatic rings. The molecule has 0 amide bonds. The van der Waals surface area contributed by atoms with Crippen LogP contribution in [0.5, 0.6) is 0 Å². The topological polar surface area (TPSA) is 12.0 Å². The van der Waals surface area contributed by atoms with Crippen LogP contribution in [0.1, 0.15) is 47.0 Å². The summed E-state index contributed by atoms with van der Waals surface area (Å²) < 4.78 is 0. The van der Waals surface area contributed by atoms with Gasteiger partial charge in [-0.3, -0.25) is 0 Å². The highest BCUT2D eigenvalue weighted by Gasteiger charge is 2.58. The smallest absolute Gasteiger partial charge is 0.0175 e. The van der Waals surface area contributed by atoms with E-state index in [9.17, 15) is 0 Å². The molecule has 1 unspecified atom stereocenters. The maximum atomic E-state index is 3.71. The third-order valence-electron chi connectivity index (χ3n) is 4.68. The van der Waals surface area contributed by atoms with Crippen molar-refractivity contribution < 1.29 is 0 Å². The van der Waals surface area contributed by atoms with E-state index in [2.05, 4.69) is 33.0 Å². The Bertz CT molecular complexity index is 204. The van der Waals surface area contributed by atoms with Crippen LogP contribution in [0.3, 0.4) is 0 Å². The highest BCUT2D eigenvalue weighted by atomic mass is 15.0. The molecular formula is C12H23N. The first-order valence-corrected chi connectivity index (χ1v) is 5.74. The van der Waals surface area contributed by atoms with E-state index in [0.29, 0.717) is 10.8 Å². The van der Waals surface area contributed by atoms with Gasteiger partial charge in [0.15, 0.2) is 0 Å². The Balaban J connectivity index is 2.23. The Kier molecular flexibility index (Phi) is 1.99. The van der Waals surface area contributed by atoms with Gasteiger partial charge in [-0.1, -0.05) is 27.7 Å². The average Bonchev–Trinajstić information content (AvgIpc) is 2.50. The molecule has 1 N–H and O–H groups in total. The fraction of sp³-hybridized carbons (Fsp3) is 1.00. The van der Waals surface area contributed by atoms with E-state index in [0.717, 1.165) is 18.5 Å². The fourth-order valence-corrected chi connectivity index (χ4v) is 4.02. The lowest BCUT2D eigenvalue weighted by Gasteiger charge is -2.43. The van der Waals surface area contributed by atoms with Crippen molar-refractivity contribution in [2.45, 2.75) is 53.0 Å². The van der Waals surface area contributed by atoms with E-state index < -0.39 is 0 Å². The second kappa shape index (κ2) is 2.73. The van der Waals surface area contributed by atoms with Crippen molar-refractivity contribution in [2.75, 3.05) is 6.54 Å². The molecule has 1 nitrogen and oxygen atoms in total. The van der Waals surface area contributed by atoms with Crippen LogP contribution in [0.4, 0.5) is 0 Å². The summed E-state index contributed by atoms with van der Waals surface area (Å²) in [6.07, 6.45) is 4.36. The summed E-state index contributed by atoms with van der Waals surface area (Å²) in [5.74, 6) is 0.974. The van der Waals surface area contributed by atoms with Gasteiger partial charge in [-0.2, -0.15) is 0 Å². The highest BCUT2D eigenvalue weighted by Crippen LogP contribution is 2.62. The summed E-state index contributed by atoms with van der Waals surface area (Å²) >= 11 is 0. The maximum absolute atomic E-state index is 3.71. The first-order valence-electron chi connectivity index (χ1n) is 5.74. The molecule has 2 rings (SSSR count). The van der Waals surface area contributed by atoms with Gasteiger partial charge in [-0.25, -0.2) is 0 Å². The van der Waals surface area contributed by atoms with E-state index in [1.807, 2.05) is 0 Å². The molecule has 3 atom stereocenters. The second-order valence-electron chi connectivity index (χ2n) is 5.91. The van der Waals surface area contributed by atoms with Gasteiger partial charge in [0.2, 0.25) is 0 Å². The molecule has 0 spiro atoms. The molecule has 0 heterocycles. The summed E-state index contributed by atoms with van der Waals surface area (Å²) in [5.41, 5.74) is 1.13. The third-order valence-corrected chi connectivity index (χ3v) is 4.68. The van der Waals surface area contributed by atoms with E-state index in [4.69, 9.17) is 0 Å². The molecule has 0 aromatic carbocycles. The Morgan fingerprint density at radius 3 is 2.46 bits per heavy atom. The van der Waals surface area contributed by atoms with Crippen LogP contribution in [0.2, 0.25) is 0 Å². The van der Waals surface area contributed by atoms with Gasteiger partial charge in [0.25, 0.3) is 0 Å². The monoisotopic (exact) mass is 181 g/mol. The number of rotatable bonds is 2. The van der Waals surface area contributed by atoms with Crippen LogP contribution in [0.25, 0.3) is 0 Å². The lowest BCUT2D eigenvalue weighted by Crippen LogP contribution is -2.50. The van der Waals surface area contributed by atoms with Crippen LogP contribution in [0, 0.1) is 16.7 Å². The molecule has 1 heteroatoms. The summed E-state index contributed by atoms with van der Waals surface area (Å²) in [5, 5.41) is 3.71. The van der Waals surface area contributed by atoms with Crippen molar-refractivity contribution in [1.82, 2.24) is 5.32 Å². The van der Waals surface area contributed by atoms with E-state index in [-0.39, 0.29) is 0 Å². The normalized spacial score (nSPS) is 47.1. The van der Waals surface area contributed by atoms with Gasteiger partial charge in [-0.15, -0.1) is 0 Å². The van der Waals surface area contributed by atoms with E-state index >= 15 is 0 Å². The van der Waals surface area contributed by atoms with Gasteiger partial charge >= 0.3 is 0 Å². The number of hydrogen-bond acceptors (Lipinski definition) is 1. The van der Waals surface area contributed by atoms with Crippen molar-refractivity contribution in [3.63, 3.8) is 0 Å². The SMILES string of the molecule is CCN[C@H]1C(C)(C)C2CC[C@@]1(C)C2. The van der Waals surface area contributed by atoms with Gasteiger partial charge in [-0.05, 0) is 42.6 Å². The van der Waals surface area contributed by atoms with Gasteiger partial charge in [0, 0.05) is 6.04 Å². The lowest BCUT2D eigenvalue weighted by atomic mass is 9.68. The van der Waals surface area contributed by atoms with E-state index in [1.54, 1.807) is 0 Å². The number of nitrogens with one attached hydrogen (secondary N) is 1. The highest BCUT2D eigenvalue weighted by molar-refractivity contribution is 5.11. The summed E-state index contributed by atoms with van der Waals surface area (Å²) in [6, 6.07) is 0.753. The molecular weight excluding hydrogens is 158 g/mol. The zero-order valence-corrected chi connectivity index (χ0v) is 9.48. The number of hydrogen-bond donors (Lipinski definition) is 1. The van der Waals surface area contributed by atoms with Crippen LogP contribution < -0.4 is 5.32 Å². The quantitative estimate of drug-likeness (QED) is 0.690. The molecule has 2 fully saturated rings. The Hall–Kier alpha value is -0.0400. The molecule has 2 saturated carbocycles. The Labute approximate surface area is 82.3 Å². The molecule has 0 aliphatic heterocycles. The van der Waals surface area contributed by atoms with Crippen molar-refractivity contribution in [1.29, 1.82) is 0 Å². The standard InChI is InChI=1S/C12H23N/c1-5-13-10-11(2,3)9-6-7-12(10,4)8-9/h9-10,13H,5-8H2,1-4H3/t9?,10-,12-/m0/s1. The van der Waals surface area contributed by atoms with Gasteiger partial charge in [0.1, 0.15) is 0 Å². The fourth-order valence-electron chi connectivity index (χ4n) is 4.02. The van der Waals surface area contributed by atoms with Crippen molar-refractivity contribution >= 4 is 0 Å². The van der Waals surface area contributed by atoms with Crippen molar-refractivity contribution in [3.05, 3.63) is 0 Å². The predicted molar refractivity (Wildman–Crippen MR) is 56.7 cm³/mol. The third kappa shape index (κ3) is 1.16. The minimum Gasteiger partial charge on any atom is -0.313 e. The van der Waals surface area contributed by atoms with Crippen molar-refractivity contribution in [3.8, 4) is 0 Å². The summed E-state index contributed by atoms with van der Waals surface area (Å²) in [7, 11) is 0. The molecule has 0 radical (unpaired) electrons. The largest absolute Gasteiger partial charge is 0.313 e. The van der Waals surface area contributed by atoms with Gasteiger partial charge < -0.3 is 5.32 Å². The maximum Gasteiger partial charge on any atom is 0.0175 e. The Morgan fingerprint density at radius 1 is 1.31 bits per heavy atom. The summed E-state index contributed by atoms with van der Waals surface area (Å²) in [6.45, 7) is 10.7. The minimum atomic E-state index is 0.531. The van der Waals surface area contributed by atoms with Crippen LogP contribution in [-0.4, -0.2) is 12.6 Å². The first-order chi connectivity index (χ1) is 6.00. The molecule has 0 saturated heterocycles. The zero-order chi connectivity index (χ0) is 9.69. The minimum absolute atomic E-state index is 0.531. The van der Waals surface area contributed by atoms with Gasteiger partial charge in [0.05, 0.1) is 0 Å².